The molecule has 0 fully saturated rings. The van der Waals surface area contributed by atoms with Crippen molar-refractivity contribution in [2.24, 2.45) is 0 Å². The van der Waals surface area contributed by atoms with Gasteiger partial charge in [-0.25, -0.2) is 4.39 Å². The van der Waals surface area contributed by atoms with Crippen LogP contribution in [0.4, 0.5) is 4.39 Å². The lowest BCUT2D eigenvalue weighted by Crippen LogP contribution is -1.82. The van der Waals surface area contributed by atoms with Gasteiger partial charge in [-0.05, 0) is 37.1 Å². The van der Waals surface area contributed by atoms with Gasteiger partial charge in [-0.1, -0.05) is 36.4 Å². The fraction of sp³-hybridized carbons (Fsp3) is 0.133. The van der Waals surface area contributed by atoms with Gasteiger partial charge < -0.3 is 0 Å². The zero-order valence-electron chi connectivity index (χ0n) is 9.98. The van der Waals surface area contributed by atoms with Crippen molar-refractivity contribution >= 4 is 12.4 Å². The van der Waals surface area contributed by atoms with Crippen LogP contribution in [-0.4, -0.2) is 6.29 Å². The quantitative estimate of drug-likeness (QED) is 0.436. The van der Waals surface area contributed by atoms with E-state index in [1.54, 1.807) is 30.4 Å². The summed E-state index contributed by atoms with van der Waals surface area (Å²) >= 11 is 0. The highest BCUT2D eigenvalue weighted by atomic mass is 19.1. The zero-order valence-corrected chi connectivity index (χ0v) is 9.98. The molecule has 1 aromatic carbocycles. The van der Waals surface area contributed by atoms with Crippen LogP contribution in [0.15, 0.2) is 48.1 Å². The molecule has 1 nitrogen and oxygen atoms in total. The molecular formula is C15H15FO. The van der Waals surface area contributed by atoms with E-state index < -0.39 is 0 Å². The Hall–Kier alpha value is -1.96. The number of aldehydes is 1. The fourth-order valence-corrected chi connectivity index (χ4v) is 1.42. The molecule has 17 heavy (non-hydrogen) atoms. The van der Waals surface area contributed by atoms with Gasteiger partial charge in [-0.2, -0.15) is 0 Å². The van der Waals surface area contributed by atoms with E-state index in [0.29, 0.717) is 5.57 Å². The van der Waals surface area contributed by atoms with E-state index in [1.165, 1.54) is 12.1 Å². The molecule has 0 saturated heterocycles. The van der Waals surface area contributed by atoms with Gasteiger partial charge in [0.25, 0.3) is 0 Å². The second-order valence-corrected chi connectivity index (χ2v) is 3.64. The van der Waals surface area contributed by atoms with Crippen molar-refractivity contribution in [1.82, 2.24) is 0 Å². The van der Waals surface area contributed by atoms with Crippen molar-refractivity contribution in [1.29, 1.82) is 0 Å². The lowest BCUT2D eigenvalue weighted by molar-refractivity contribution is -0.104. The van der Waals surface area contributed by atoms with E-state index in [9.17, 15) is 9.18 Å². The van der Waals surface area contributed by atoms with Gasteiger partial charge in [0.15, 0.2) is 0 Å². The second-order valence-electron chi connectivity index (χ2n) is 3.64. The molecule has 0 amide bonds. The largest absolute Gasteiger partial charge is 0.298 e. The van der Waals surface area contributed by atoms with E-state index in [1.807, 2.05) is 19.9 Å². The molecule has 88 valence electrons. The molecule has 0 N–H and O–H groups in total. The van der Waals surface area contributed by atoms with E-state index >= 15 is 0 Å². The molecule has 0 unspecified atom stereocenters. The summed E-state index contributed by atoms with van der Waals surface area (Å²) in [6, 6.07) is 4.62. The number of aryl methyl sites for hydroxylation is 1. The Kier molecular flexibility index (Phi) is 5.08. The number of carbonyl (C=O) groups excluding carboxylic acids is 1. The fourth-order valence-electron chi connectivity index (χ4n) is 1.42. The molecule has 0 aliphatic rings. The SMILES string of the molecule is C\C=C/C(C=O)=C\C=C\c1ccc(F)cc1C. The highest BCUT2D eigenvalue weighted by Gasteiger charge is 1.95. The molecule has 0 aliphatic carbocycles. The van der Waals surface area contributed by atoms with Crippen molar-refractivity contribution < 1.29 is 9.18 Å². The van der Waals surface area contributed by atoms with Crippen LogP contribution < -0.4 is 0 Å². The number of hydrogen-bond acceptors (Lipinski definition) is 1. The molecule has 2 heteroatoms. The lowest BCUT2D eigenvalue weighted by Gasteiger charge is -1.98. The minimum absolute atomic E-state index is 0.238. The first-order chi connectivity index (χ1) is 8.17. The Morgan fingerprint density at radius 1 is 1.35 bits per heavy atom. The number of benzene rings is 1. The van der Waals surface area contributed by atoms with Crippen LogP contribution >= 0.6 is 0 Å². The van der Waals surface area contributed by atoms with Gasteiger partial charge in [0, 0.05) is 5.57 Å². The molecule has 1 rings (SSSR count). The molecule has 1 aromatic rings. The first-order valence-corrected chi connectivity index (χ1v) is 5.39. The average Bonchev–Trinajstić information content (AvgIpc) is 2.30. The summed E-state index contributed by atoms with van der Waals surface area (Å²) in [5.74, 6) is -0.238. The van der Waals surface area contributed by atoms with Crippen molar-refractivity contribution in [3.63, 3.8) is 0 Å². The third-order valence-corrected chi connectivity index (χ3v) is 2.29. The van der Waals surface area contributed by atoms with Gasteiger partial charge in [0.05, 0.1) is 0 Å². The van der Waals surface area contributed by atoms with Crippen molar-refractivity contribution in [2.45, 2.75) is 13.8 Å². The molecule has 0 aliphatic heterocycles. The molecule has 0 radical (unpaired) electrons. The van der Waals surface area contributed by atoms with Crippen LogP contribution in [0.25, 0.3) is 6.08 Å². The van der Waals surface area contributed by atoms with E-state index in [2.05, 4.69) is 0 Å². The topological polar surface area (TPSA) is 17.1 Å². The number of allylic oxidation sites excluding steroid dienone is 5. The summed E-state index contributed by atoms with van der Waals surface area (Å²) < 4.78 is 12.9. The number of hydrogen-bond donors (Lipinski definition) is 0. The first kappa shape index (κ1) is 13.1. The molecule has 0 aromatic heterocycles. The normalized spacial score (nSPS) is 12.5. The Bertz CT molecular complexity index is 482. The van der Waals surface area contributed by atoms with Gasteiger partial charge in [-0.15, -0.1) is 0 Å². The Morgan fingerprint density at radius 2 is 2.12 bits per heavy atom. The second kappa shape index (κ2) is 6.59. The lowest BCUT2D eigenvalue weighted by atomic mass is 10.1. The third kappa shape index (κ3) is 4.19. The van der Waals surface area contributed by atoms with Crippen LogP contribution in [0, 0.1) is 12.7 Å². The maximum Gasteiger partial charge on any atom is 0.150 e. The predicted molar refractivity (Wildman–Crippen MR) is 69.1 cm³/mol. The summed E-state index contributed by atoms with van der Waals surface area (Å²) in [5.41, 5.74) is 2.41. The highest BCUT2D eigenvalue weighted by Crippen LogP contribution is 2.12. The number of rotatable bonds is 4. The smallest absolute Gasteiger partial charge is 0.150 e. The molecule has 0 bridgehead atoms. The molecule has 0 heterocycles. The summed E-state index contributed by atoms with van der Waals surface area (Å²) in [6.07, 6.45) is 9.68. The maximum absolute atomic E-state index is 12.9. The van der Waals surface area contributed by atoms with Crippen LogP contribution in [0.1, 0.15) is 18.1 Å². The third-order valence-electron chi connectivity index (χ3n) is 2.29. The first-order valence-electron chi connectivity index (χ1n) is 5.39. The average molecular weight is 230 g/mol. The minimum atomic E-state index is -0.238. The van der Waals surface area contributed by atoms with Crippen LogP contribution in [-0.2, 0) is 4.79 Å². The van der Waals surface area contributed by atoms with Gasteiger partial charge in [-0.3, -0.25) is 4.79 Å². The molecular weight excluding hydrogens is 215 g/mol. The predicted octanol–water partition coefficient (Wildman–Crippen LogP) is 3.85. The van der Waals surface area contributed by atoms with E-state index in [4.69, 9.17) is 0 Å². The van der Waals surface area contributed by atoms with E-state index in [-0.39, 0.29) is 5.82 Å². The standard InChI is InChI=1S/C15H15FO/c1-3-5-13(11-17)6-4-7-14-8-9-15(16)10-12(14)2/h3-11H,1-2H3/b5-3-,7-4+,13-6+. The van der Waals surface area contributed by atoms with Crippen LogP contribution in [0.5, 0.6) is 0 Å². The monoisotopic (exact) mass is 230 g/mol. The summed E-state index contributed by atoms with van der Waals surface area (Å²) in [4.78, 5) is 10.6. The van der Waals surface area contributed by atoms with Crippen LogP contribution in [0.3, 0.4) is 0 Å². The number of carbonyl (C=O) groups is 1. The Labute approximate surface area is 101 Å². The summed E-state index contributed by atoms with van der Waals surface area (Å²) in [5, 5.41) is 0. The molecule has 0 spiro atoms. The maximum atomic E-state index is 12.9. The van der Waals surface area contributed by atoms with Crippen LogP contribution in [0.2, 0.25) is 0 Å². The highest BCUT2D eigenvalue weighted by molar-refractivity contribution is 5.78. The van der Waals surface area contributed by atoms with Crippen molar-refractivity contribution in [2.75, 3.05) is 0 Å². The summed E-state index contributed by atoms with van der Waals surface area (Å²) in [6.45, 7) is 3.70. The van der Waals surface area contributed by atoms with E-state index in [0.717, 1.165) is 17.4 Å². The minimum Gasteiger partial charge on any atom is -0.298 e. The molecule has 0 saturated carbocycles. The number of halogens is 1. The van der Waals surface area contributed by atoms with Gasteiger partial charge >= 0.3 is 0 Å². The van der Waals surface area contributed by atoms with Gasteiger partial charge in [0.2, 0.25) is 0 Å². The van der Waals surface area contributed by atoms with Crippen molar-refractivity contribution in [3.05, 3.63) is 65.0 Å². The van der Waals surface area contributed by atoms with Crippen molar-refractivity contribution in [3.8, 4) is 0 Å². The molecule has 0 atom stereocenters. The zero-order chi connectivity index (χ0) is 12.7. The Morgan fingerprint density at radius 3 is 2.71 bits per heavy atom. The van der Waals surface area contributed by atoms with Gasteiger partial charge in [0.1, 0.15) is 12.1 Å². The Balaban J connectivity index is 2.87. The summed E-state index contributed by atoms with van der Waals surface area (Å²) in [7, 11) is 0.